The van der Waals surface area contributed by atoms with Crippen molar-refractivity contribution in [1.29, 1.82) is 0 Å². The third kappa shape index (κ3) is 16.2. The molecule has 0 aromatic rings. The van der Waals surface area contributed by atoms with E-state index in [1.165, 1.54) is 64.2 Å². The van der Waals surface area contributed by atoms with Gasteiger partial charge in [-0.15, -0.1) is 0 Å². The van der Waals surface area contributed by atoms with Crippen LogP contribution < -0.4 is 0 Å². The van der Waals surface area contributed by atoms with Crippen LogP contribution in [-0.4, -0.2) is 69.1 Å². The highest BCUT2D eigenvalue weighted by Crippen LogP contribution is 2.28. The van der Waals surface area contributed by atoms with Crippen LogP contribution in [0.25, 0.3) is 0 Å². The minimum absolute atomic E-state index is 0.149. The van der Waals surface area contributed by atoms with Crippen molar-refractivity contribution in [3.63, 3.8) is 0 Å². The van der Waals surface area contributed by atoms with Gasteiger partial charge in [0.15, 0.2) is 0 Å². The first-order valence-corrected chi connectivity index (χ1v) is 17.6. The minimum atomic E-state index is -0.793. The van der Waals surface area contributed by atoms with Gasteiger partial charge in [0.05, 0.1) is 36.6 Å². The van der Waals surface area contributed by atoms with Gasteiger partial charge in [-0.05, 0) is 57.9 Å². The van der Waals surface area contributed by atoms with Crippen LogP contribution >= 0.6 is 0 Å². The quantitative estimate of drug-likeness (QED) is 0.0624. The number of rotatable bonds is 26. The number of unbranched alkanes of at least 4 members (excludes halogenated alkanes) is 13. The molecule has 0 bridgehead atoms. The van der Waals surface area contributed by atoms with Gasteiger partial charge >= 0.3 is 5.97 Å². The highest BCUT2D eigenvalue weighted by molar-refractivity contribution is 5.90. The van der Waals surface area contributed by atoms with Gasteiger partial charge in [0.1, 0.15) is 6.10 Å². The number of aliphatic hydroxyl groups excluding tert-OH is 4. The highest BCUT2D eigenvalue weighted by atomic mass is 16.5. The van der Waals surface area contributed by atoms with E-state index < -0.39 is 24.4 Å². The Bertz CT molecular complexity index is 726. The van der Waals surface area contributed by atoms with Crippen molar-refractivity contribution < 1.29 is 34.7 Å². The van der Waals surface area contributed by atoms with E-state index in [2.05, 4.69) is 6.92 Å². The lowest BCUT2D eigenvalue weighted by atomic mass is 9.97. The molecule has 1 saturated heterocycles. The summed E-state index contributed by atoms with van der Waals surface area (Å²) in [6.45, 7) is 4.08. The van der Waals surface area contributed by atoms with Crippen LogP contribution in [-0.2, 0) is 14.3 Å². The summed E-state index contributed by atoms with van der Waals surface area (Å²) in [5, 5.41) is 41.6. The average Bonchev–Trinajstić information content (AvgIpc) is 3.57. The van der Waals surface area contributed by atoms with Gasteiger partial charge in [-0.3, -0.25) is 0 Å². The number of carbonyl (C=O) groups is 1. The number of hydrogen-bond donors (Lipinski definition) is 4. The molecule has 7 heteroatoms. The Morgan fingerprint density at radius 3 is 1.93 bits per heavy atom. The molecule has 0 radical (unpaired) electrons. The fourth-order valence-corrected chi connectivity index (χ4v) is 6.40. The summed E-state index contributed by atoms with van der Waals surface area (Å²) in [5.41, 5.74) is 0.584. The van der Waals surface area contributed by atoms with Gasteiger partial charge < -0.3 is 29.9 Å². The van der Waals surface area contributed by atoms with Crippen LogP contribution in [0, 0.1) is 0 Å². The van der Waals surface area contributed by atoms with E-state index in [4.69, 9.17) is 9.47 Å². The molecule has 246 valence electrons. The van der Waals surface area contributed by atoms with Crippen LogP contribution in [0.5, 0.6) is 0 Å². The van der Waals surface area contributed by atoms with Gasteiger partial charge in [-0.2, -0.15) is 0 Å². The van der Waals surface area contributed by atoms with Crippen molar-refractivity contribution in [2.75, 3.05) is 0 Å². The van der Waals surface area contributed by atoms with Crippen LogP contribution in [0.2, 0.25) is 0 Å². The summed E-state index contributed by atoms with van der Waals surface area (Å²) >= 11 is 0. The Morgan fingerprint density at radius 1 is 0.738 bits per heavy atom. The third-order valence-electron chi connectivity index (χ3n) is 9.14. The summed E-state index contributed by atoms with van der Waals surface area (Å²) in [4.78, 5) is 11.7. The lowest BCUT2D eigenvalue weighted by Crippen LogP contribution is -2.31. The van der Waals surface area contributed by atoms with Gasteiger partial charge in [0.25, 0.3) is 0 Å². The Balaban J connectivity index is 1.43. The van der Waals surface area contributed by atoms with E-state index in [1.54, 1.807) is 6.08 Å². The molecule has 42 heavy (non-hydrogen) atoms. The Morgan fingerprint density at radius 2 is 1.31 bits per heavy atom. The Labute approximate surface area is 256 Å². The fourth-order valence-electron chi connectivity index (χ4n) is 6.40. The summed E-state index contributed by atoms with van der Waals surface area (Å²) in [6, 6.07) is 0. The molecule has 2 rings (SSSR count). The first-order chi connectivity index (χ1) is 20.3. The van der Waals surface area contributed by atoms with Gasteiger partial charge in [0.2, 0.25) is 0 Å². The fraction of sp³-hybridized carbons (Fsp3) is 0.914. The Kier molecular flexibility index (Phi) is 19.9. The maximum atomic E-state index is 11.7. The van der Waals surface area contributed by atoms with E-state index in [1.807, 2.05) is 6.92 Å². The molecule has 7 nitrogen and oxygen atoms in total. The smallest absolute Gasteiger partial charge is 0.334 e. The van der Waals surface area contributed by atoms with Crippen LogP contribution in [0.3, 0.4) is 0 Å². The zero-order chi connectivity index (χ0) is 30.6. The van der Waals surface area contributed by atoms with E-state index in [0.29, 0.717) is 37.7 Å². The number of carbonyl (C=O) groups excluding carboxylic acids is 1. The van der Waals surface area contributed by atoms with Crippen molar-refractivity contribution in [2.24, 2.45) is 0 Å². The predicted octanol–water partition coefficient (Wildman–Crippen LogP) is 7.06. The summed E-state index contributed by atoms with van der Waals surface area (Å²) in [5.74, 6) is -0.308. The monoisotopic (exact) mass is 596 g/mol. The molecule has 0 unspecified atom stereocenters. The van der Waals surface area contributed by atoms with E-state index in [9.17, 15) is 25.2 Å². The SMILES string of the molecule is CCCCCCCCCCCCCC[C@@H](O)[C@H](O)CC[C@H](O)[C@H]1CC[C@@H](CCCCC[C@H](O)CC2=C[C@@H](C)OC2=O)O1. The number of cyclic esters (lactones) is 1. The topological polar surface area (TPSA) is 116 Å². The molecule has 0 aromatic heterocycles. The standard InChI is InChI=1S/C35H64O7/c1-3-4-5-6-7-8-9-10-11-12-13-17-20-31(37)32(38)22-23-33(39)34-24-21-30(42-34)19-16-14-15-18-29(36)26-28-25-27(2)41-35(28)40/h25,27,29-34,36-39H,3-24,26H2,1-2H3/t27-,29+,30-,31-,32-,33+,34-/m1/s1. The molecule has 2 aliphatic heterocycles. The maximum Gasteiger partial charge on any atom is 0.334 e. The molecular weight excluding hydrogens is 532 g/mol. The summed E-state index contributed by atoms with van der Waals surface area (Å²) < 4.78 is 11.2. The second-order valence-corrected chi connectivity index (χ2v) is 13.1. The van der Waals surface area contributed by atoms with E-state index in [-0.39, 0.29) is 24.3 Å². The van der Waals surface area contributed by atoms with Gasteiger partial charge in [0, 0.05) is 12.0 Å². The number of esters is 1. The molecule has 0 aliphatic carbocycles. The largest absolute Gasteiger partial charge is 0.455 e. The van der Waals surface area contributed by atoms with Crippen molar-refractivity contribution >= 4 is 5.97 Å². The van der Waals surface area contributed by atoms with Crippen molar-refractivity contribution in [3.05, 3.63) is 11.6 Å². The minimum Gasteiger partial charge on any atom is -0.455 e. The van der Waals surface area contributed by atoms with Crippen molar-refractivity contribution in [3.8, 4) is 0 Å². The number of aliphatic hydroxyl groups is 4. The van der Waals surface area contributed by atoms with Gasteiger partial charge in [-0.1, -0.05) is 103 Å². The normalized spacial score (nSPS) is 23.5. The molecule has 0 aromatic carbocycles. The second-order valence-electron chi connectivity index (χ2n) is 13.1. The predicted molar refractivity (Wildman–Crippen MR) is 168 cm³/mol. The second kappa shape index (κ2) is 22.5. The van der Waals surface area contributed by atoms with Gasteiger partial charge in [-0.25, -0.2) is 4.79 Å². The van der Waals surface area contributed by atoms with Crippen LogP contribution in [0.15, 0.2) is 11.6 Å². The molecular formula is C35H64O7. The number of ether oxygens (including phenoxy) is 2. The molecule has 4 N–H and O–H groups in total. The molecule has 0 amide bonds. The Hall–Kier alpha value is -0.990. The summed E-state index contributed by atoms with van der Waals surface area (Å²) in [7, 11) is 0. The van der Waals surface area contributed by atoms with Crippen molar-refractivity contribution in [2.45, 2.75) is 204 Å². The molecule has 0 saturated carbocycles. The van der Waals surface area contributed by atoms with Crippen molar-refractivity contribution in [1.82, 2.24) is 0 Å². The summed E-state index contributed by atoms with van der Waals surface area (Å²) in [6.07, 6.45) is 22.3. The molecule has 2 aliphatic rings. The molecule has 7 atom stereocenters. The average molecular weight is 597 g/mol. The van der Waals surface area contributed by atoms with Crippen LogP contribution in [0.4, 0.5) is 0 Å². The first-order valence-electron chi connectivity index (χ1n) is 17.6. The zero-order valence-electron chi connectivity index (χ0n) is 26.9. The first kappa shape index (κ1) is 37.2. The lowest BCUT2D eigenvalue weighted by Gasteiger charge is -2.22. The number of hydrogen-bond acceptors (Lipinski definition) is 7. The van der Waals surface area contributed by atoms with Crippen LogP contribution in [0.1, 0.15) is 162 Å². The maximum absolute atomic E-state index is 11.7. The third-order valence-corrected chi connectivity index (χ3v) is 9.14. The molecule has 1 fully saturated rings. The highest BCUT2D eigenvalue weighted by Gasteiger charge is 2.31. The molecule has 0 spiro atoms. The van der Waals surface area contributed by atoms with E-state index >= 15 is 0 Å². The van der Waals surface area contributed by atoms with E-state index in [0.717, 1.165) is 51.4 Å². The zero-order valence-corrected chi connectivity index (χ0v) is 26.9. The lowest BCUT2D eigenvalue weighted by molar-refractivity contribution is -0.139. The molecule has 2 heterocycles.